The number of nitrogen functional groups attached to an aromatic ring is 1. The summed E-state index contributed by atoms with van der Waals surface area (Å²) in [5, 5.41) is 7.48. The molecule has 0 saturated carbocycles. The molecule has 0 heterocycles. The molecule has 1 aromatic carbocycles. The quantitative estimate of drug-likeness (QED) is 0.573. The second-order valence-corrected chi connectivity index (χ2v) is 4.08. The molecule has 0 aliphatic heterocycles. The summed E-state index contributed by atoms with van der Waals surface area (Å²) < 4.78 is 18.2. The van der Waals surface area contributed by atoms with Gasteiger partial charge in [-0.2, -0.15) is 0 Å². The van der Waals surface area contributed by atoms with Crippen LogP contribution in [0.25, 0.3) is 0 Å². The molecule has 0 aliphatic carbocycles. The van der Waals surface area contributed by atoms with Gasteiger partial charge < -0.3 is 10.5 Å². The Morgan fingerprint density at radius 3 is 2.78 bits per heavy atom. The number of hydrogen-bond donors (Lipinski definition) is 2. The number of halogens is 1. The molecule has 0 spiro atoms. The first-order valence-electron chi connectivity index (χ1n) is 5.92. The molecule has 0 unspecified atom stereocenters. The topological polar surface area (TPSA) is 62.3 Å². The fraction of sp³-hybridized carbons (Fsp3) is 0.462. The minimum Gasteiger partial charge on any atom is -0.384 e. The maximum absolute atomic E-state index is 13.1. The van der Waals surface area contributed by atoms with E-state index in [0.29, 0.717) is 18.7 Å². The first-order chi connectivity index (χ1) is 8.58. The lowest BCUT2D eigenvalue weighted by atomic mass is 10.1. The van der Waals surface area contributed by atoms with Crippen LogP contribution in [0.15, 0.2) is 18.2 Å². The predicted molar refractivity (Wildman–Crippen MR) is 70.2 cm³/mol. The number of methoxy groups -OCH3 is 1. The zero-order valence-electron chi connectivity index (χ0n) is 10.9. The maximum atomic E-state index is 13.1. The molecule has 3 N–H and O–H groups in total. The minimum absolute atomic E-state index is 0.104. The Hall–Kier alpha value is -1.46. The van der Waals surface area contributed by atoms with Crippen molar-refractivity contribution in [1.29, 1.82) is 5.41 Å². The van der Waals surface area contributed by atoms with E-state index in [9.17, 15) is 4.39 Å². The van der Waals surface area contributed by atoms with Crippen LogP contribution in [0.2, 0.25) is 0 Å². The Kier molecular flexibility index (Phi) is 5.74. The molecule has 4 nitrogen and oxygen atoms in total. The van der Waals surface area contributed by atoms with Crippen LogP contribution in [0, 0.1) is 11.2 Å². The van der Waals surface area contributed by atoms with Crippen molar-refractivity contribution in [3.8, 4) is 0 Å². The lowest BCUT2D eigenvalue weighted by Gasteiger charge is -2.21. The van der Waals surface area contributed by atoms with E-state index in [1.165, 1.54) is 12.1 Å². The number of benzene rings is 1. The maximum Gasteiger partial charge on any atom is 0.123 e. The van der Waals surface area contributed by atoms with Crippen molar-refractivity contribution in [3.63, 3.8) is 0 Å². The Balaban J connectivity index is 2.84. The van der Waals surface area contributed by atoms with Gasteiger partial charge >= 0.3 is 0 Å². The molecular weight excluding hydrogens is 233 g/mol. The Labute approximate surface area is 107 Å². The van der Waals surface area contributed by atoms with Crippen molar-refractivity contribution >= 4 is 5.84 Å². The average Bonchev–Trinajstić information content (AvgIpc) is 2.35. The van der Waals surface area contributed by atoms with Crippen LogP contribution >= 0.6 is 0 Å². The van der Waals surface area contributed by atoms with Crippen LogP contribution in [0.3, 0.4) is 0 Å². The van der Waals surface area contributed by atoms with Crippen LogP contribution in [0.1, 0.15) is 18.1 Å². The van der Waals surface area contributed by atoms with Crippen molar-refractivity contribution in [1.82, 2.24) is 4.90 Å². The molecule has 1 rings (SSSR count). The second-order valence-electron chi connectivity index (χ2n) is 4.08. The molecule has 18 heavy (non-hydrogen) atoms. The van der Waals surface area contributed by atoms with Gasteiger partial charge in [0.15, 0.2) is 0 Å². The minimum atomic E-state index is -0.371. The van der Waals surface area contributed by atoms with Gasteiger partial charge in [0.1, 0.15) is 11.7 Å². The van der Waals surface area contributed by atoms with Crippen molar-refractivity contribution in [3.05, 3.63) is 35.1 Å². The molecule has 0 fully saturated rings. The van der Waals surface area contributed by atoms with Crippen LogP contribution in [0.5, 0.6) is 0 Å². The molecule has 0 atom stereocenters. The Morgan fingerprint density at radius 2 is 2.22 bits per heavy atom. The number of hydrogen-bond acceptors (Lipinski definition) is 3. The number of likely N-dealkylation sites (N-methyl/N-ethyl adjacent to an activating group) is 1. The van der Waals surface area contributed by atoms with Crippen LogP contribution in [0.4, 0.5) is 4.39 Å². The molecule has 0 saturated heterocycles. The lowest BCUT2D eigenvalue weighted by Crippen LogP contribution is -2.28. The monoisotopic (exact) mass is 253 g/mol. The van der Waals surface area contributed by atoms with Gasteiger partial charge in [-0.25, -0.2) is 4.39 Å². The van der Waals surface area contributed by atoms with E-state index in [2.05, 4.69) is 4.90 Å². The SMILES string of the molecule is CCN(CCOC)Cc1ccc(F)cc1C(=N)N. The highest BCUT2D eigenvalue weighted by Crippen LogP contribution is 2.13. The van der Waals surface area contributed by atoms with Crippen LogP contribution in [-0.4, -0.2) is 37.5 Å². The molecule has 0 radical (unpaired) electrons. The van der Waals surface area contributed by atoms with Gasteiger partial charge in [0.25, 0.3) is 0 Å². The summed E-state index contributed by atoms with van der Waals surface area (Å²) in [5.41, 5.74) is 6.80. The zero-order valence-corrected chi connectivity index (χ0v) is 10.9. The van der Waals surface area contributed by atoms with Crippen molar-refractivity contribution < 1.29 is 9.13 Å². The van der Waals surface area contributed by atoms with Gasteiger partial charge in [-0.1, -0.05) is 13.0 Å². The van der Waals surface area contributed by atoms with Gasteiger partial charge in [-0.05, 0) is 24.2 Å². The molecule has 100 valence electrons. The highest BCUT2D eigenvalue weighted by Gasteiger charge is 2.10. The third-order valence-corrected chi connectivity index (χ3v) is 2.81. The first kappa shape index (κ1) is 14.6. The summed E-state index contributed by atoms with van der Waals surface area (Å²) in [6.07, 6.45) is 0. The van der Waals surface area contributed by atoms with Gasteiger partial charge in [-0.3, -0.25) is 10.3 Å². The Morgan fingerprint density at radius 1 is 1.50 bits per heavy atom. The molecule has 5 heteroatoms. The molecular formula is C13H20FN3O. The van der Waals surface area contributed by atoms with Gasteiger partial charge in [0.05, 0.1) is 6.61 Å². The van der Waals surface area contributed by atoms with E-state index in [4.69, 9.17) is 15.9 Å². The van der Waals surface area contributed by atoms with E-state index in [1.807, 2.05) is 6.92 Å². The molecule has 0 aliphatic rings. The molecule has 0 amide bonds. The van der Waals surface area contributed by atoms with Gasteiger partial charge in [0, 0.05) is 25.8 Å². The second kappa shape index (κ2) is 7.08. The number of nitrogens with zero attached hydrogens (tertiary/aromatic N) is 1. The fourth-order valence-corrected chi connectivity index (χ4v) is 1.75. The highest BCUT2D eigenvalue weighted by molar-refractivity contribution is 5.96. The van der Waals surface area contributed by atoms with E-state index in [1.54, 1.807) is 13.2 Å². The molecule has 0 aromatic heterocycles. The van der Waals surface area contributed by atoms with Crippen molar-refractivity contribution in [2.45, 2.75) is 13.5 Å². The smallest absolute Gasteiger partial charge is 0.123 e. The Bertz CT molecular complexity index is 409. The van der Waals surface area contributed by atoms with E-state index < -0.39 is 0 Å². The third kappa shape index (κ3) is 4.09. The summed E-state index contributed by atoms with van der Waals surface area (Å²) in [6.45, 7) is 4.98. The predicted octanol–water partition coefficient (Wildman–Crippen LogP) is 1.58. The summed E-state index contributed by atoms with van der Waals surface area (Å²) in [5.74, 6) is -0.476. The fourth-order valence-electron chi connectivity index (χ4n) is 1.75. The van der Waals surface area contributed by atoms with Crippen LogP contribution in [-0.2, 0) is 11.3 Å². The zero-order chi connectivity index (χ0) is 13.5. The number of rotatable bonds is 7. The number of nitrogens with one attached hydrogen (secondary N) is 1. The van der Waals surface area contributed by atoms with Crippen molar-refractivity contribution in [2.24, 2.45) is 5.73 Å². The third-order valence-electron chi connectivity index (χ3n) is 2.81. The number of nitrogens with two attached hydrogens (primary N) is 1. The number of ether oxygens (including phenoxy) is 1. The lowest BCUT2D eigenvalue weighted by molar-refractivity contribution is 0.147. The highest BCUT2D eigenvalue weighted by atomic mass is 19.1. The summed E-state index contributed by atoms with van der Waals surface area (Å²) in [6, 6.07) is 4.38. The van der Waals surface area contributed by atoms with Gasteiger partial charge in [-0.15, -0.1) is 0 Å². The first-order valence-corrected chi connectivity index (χ1v) is 5.92. The number of amidine groups is 1. The largest absolute Gasteiger partial charge is 0.384 e. The standard InChI is InChI=1S/C13H20FN3O/c1-3-17(6-7-18-2)9-10-4-5-11(14)8-12(10)13(15)16/h4-5,8H,3,6-7,9H2,1-2H3,(H3,15,16). The molecule has 0 bridgehead atoms. The van der Waals surface area contributed by atoms with E-state index >= 15 is 0 Å². The molecule has 1 aromatic rings. The average molecular weight is 253 g/mol. The van der Waals surface area contributed by atoms with Gasteiger partial charge in [0.2, 0.25) is 0 Å². The summed E-state index contributed by atoms with van der Waals surface area (Å²) in [4.78, 5) is 2.16. The van der Waals surface area contributed by atoms with E-state index in [-0.39, 0.29) is 11.7 Å². The van der Waals surface area contributed by atoms with Crippen molar-refractivity contribution in [2.75, 3.05) is 26.8 Å². The van der Waals surface area contributed by atoms with Crippen LogP contribution < -0.4 is 5.73 Å². The normalized spacial score (nSPS) is 10.9. The summed E-state index contributed by atoms with van der Waals surface area (Å²) in [7, 11) is 1.66. The summed E-state index contributed by atoms with van der Waals surface area (Å²) >= 11 is 0. The van der Waals surface area contributed by atoms with E-state index in [0.717, 1.165) is 18.7 Å².